The largest absolute Gasteiger partial charge is 0.390 e. The van der Waals surface area contributed by atoms with Crippen molar-refractivity contribution in [3.05, 3.63) is 18.2 Å². The number of aromatic amines is 1. The van der Waals surface area contributed by atoms with Crippen molar-refractivity contribution in [2.75, 3.05) is 13.7 Å². The molecule has 0 spiro atoms. The van der Waals surface area contributed by atoms with E-state index in [-0.39, 0.29) is 0 Å². The Morgan fingerprint density at radius 3 is 3.18 bits per heavy atom. The summed E-state index contributed by atoms with van der Waals surface area (Å²) in [5, 5.41) is 9.25. The van der Waals surface area contributed by atoms with Crippen LogP contribution in [0.2, 0.25) is 0 Å². The fourth-order valence-corrected chi connectivity index (χ4v) is 0.901. The number of hydrogen-bond acceptors (Lipinski definition) is 3. The van der Waals surface area contributed by atoms with Crippen molar-refractivity contribution in [3.63, 3.8) is 0 Å². The van der Waals surface area contributed by atoms with E-state index in [9.17, 15) is 5.11 Å². The number of imidazole rings is 1. The summed E-state index contributed by atoms with van der Waals surface area (Å²) in [6.45, 7) is 0.360. The van der Waals surface area contributed by atoms with Gasteiger partial charge in [-0.1, -0.05) is 0 Å². The molecule has 0 aliphatic heterocycles. The zero-order chi connectivity index (χ0) is 8.10. The van der Waals surface area contributed by atoms with E-state index in [0.717, 1.165) is 5.69 Å². The number of aliphatic hydroxyl groups excluding tert-OH is 1. The summed E-state index contributed by atoms with van der Waals surface area (Å²) >= 11 is 0. The molecule has 1 rings (SSSR count). The van der Waals surface area contributed by atoms with E-state index < -0.39 is 6.10 Å². The summed E-state index contributed by atoms with van der Waals surface area (Å²) in [6, 6.07) is 0. The van der Waals surface area contributed by atoms with Crippen molar-refractivity contribution in [1.29, 1.82) is 0 Å². The molecule has 1 unspecified atom stereocenters. The molecule has 1 aromatic heterocycles. The highest BCUT2D eigenvalue weighted by Crippen LogP contribution is 1.97. The van der Waals surface area contributed by atoms with Gasteiger partial charge in [0.15, 0.2) is 0 Å². The van der Waals surface area contributed by atoms with Crippen LogP contribution < -0.4 is 0 Å². The molecule has 1 atom stereocenters. The molecule has 0 saturated heterocycles. The second kappa shape index (κ2) is 4.10. The molecule has 0 aromatic carbocycles. The van der Waals surface area contributed by atoms with Crippen molar-refractivity contribution >= 4 is 0 Å². The Hall–Kier alpha value is -0.870. The van der Waals surface area contributed by atoms with Gasteiger partial charge < -0.3 is 14.8 Å². The van der Waals surface area contributed by atoms with Crippen LogP contribution in [0.1, 0.15) is 5.69 Å². The molecule has 4 nitrogen and oxygen atoms in total. The van der Waals surface area contributed by atoms with E-state index in [4.69, 9.17) is 4.74 Å². The number of nitrogens with one attached hydrogen (secondary N) is 1. The Balaban J connectivity index is 2.31. The maximum absolute atomic E-state index is 9.25. The summed E-state index contributed by atoms with van der Waals surface area (Å²) in [4.78, 5) is 6.73. The van der Waals surface area contributed by atoms with Crippen LogP contribution in [0, 0.1) is 0 Å². The number of nitrogens with zero attached hydrogens (tertiary/aromatic N) is 1. The van der Waals surface area contributed by atoms with E-state index in [2.05, 4.69) is 9.97 Å². The standard InChI is InChI=1S/C7H12N2O2/c1-11-4-7(10)2-6-3-8-5-9-6/h3,5,7,10H,2,4H2,1H3,(H,8,9). The number of aliphatic hydroxyl groups is 1. The minimum atomic E-state index is -0.444. The monoisotopic (exact) mass is 156 g/mol. The van der Waals surface area contributed by atoms with E-state index in [1.807, 2.05) is 0 Å². The van der Waals surface area contributed by atoms with Crippen molar-refractivity contribution in [1.82, 2.24) is 9.97 Å². The second-order valence-electron chi connectivity index (χ2n) is 2.39. The maximum atomic E-state index is 9.25. The van der Waals surface area contributed by atoms with Crippen LogP contribution in [0.25, 0.3) is 0 Å². The molecule has 0 bridgehead atoms. The van der Waals surface area contributed by atoms with E-state index in [1.54, 1.807) is 19.6 Å². The van der Waals surface area contributed by atoms with Gasteiger partial charge in [-0.25, -0.2) is 4.98 Å². The van der Waals surface area contributed by atoms with Crippen molar-refractivity contribution < 1.29 is 9.84 Å². The molecule has 0 aliphatic rings. The molecule has 2 N–H and O–H groups in total. The third-order valence-electron chi connectivity index (χ3n) is 1.37. The Morgan fingerprint density at radius 2 is 2.64 bits per heavy atom. The Bertz CT molecular complexity index is 186. The Kier molecular flexibility index (Phi) is 3.07. The molecule has 11 heavy (non-hydrogen) atoms. The number of aromatic nitrogens is 2. The lowest BCUT2D eigenvalue weighted by Crippen LogP contribution is -2.16. The first kappa shape index (κ1) is 8.23. The van der Waals surface area contributed by atoms with Gasteiger partial charge in [0.2, 0.25) is 0 Å². The van der Waals surface area contributed by atoms with Crippen LogP contribution in [-0.4, -0.2) is 34.9 Å². The van der Waals surface area contributed by atoms with Crippen LogP contribution >= 0.6 is 0 Å². The second-order valence-corrected chi connectivity index (χ2v) is 2.39. The predicted molar refractivity (Wildman–Crippen MR) is 40.2 cm³/mol. The number of methoxy groups -OCH3 is 1. The highest BCUT2D eigenvalue weighted by Gasteiger charge is 2.04. The zero-order valence-corrected chi connectivity index (χ0v) is 6.45. The molecule has 0 aliphatic carbocycles. The number of H-pyrrole nitrogens is 1. The van der Waals surface area contributed by atoms with Crippen molar-refractivity contribution in [2.45, 2.75) is 12.5 Å². The number of ether oxygens (including phenoxy) is 1. The summed E-state index contributed by atoms with van der Waals surface area (Å²) in [7, 11) is 1.57. The van der Waals surface area contributed by atoms with Gasteiger partial charge in [0.1, 0.15) is 0 Å². The summed E-state index contributed by atoms with van der Waals surface area (Å²) in [5.74, 6) is 0. The van der Waals surface area contributed by atoms with Crippen LogP contribution in [0.15, 0.2) is 12.5 Å². The van der Waals surface area contributed by atoms with Gasteiger partial charge in [0, 0.05) is 25.4 Å². The lowest BCUT2D eigenvalue weighted by atomic mass is 10.2. The molecule has 0 saturated carbocycles. The number of rotatable bonds is 4. The average molecular weight is 156 g/mol. The zero-order valence-electron chi connectivity index (χ0n) is 6.45. The Labute approximate surface area is 65.2 Å². The van der Waals surface area contributed by atoms with Crippen LogP contribution in [-0.2, 0) is 11.2 Å². The van der Waals surface area contributed by atoms with Gasteiger partial charge >= 0.3 is 0 Å². The summed E-state index contributed by atoms with van der Waals surface area (Å²) in [6.07, 6.45) is 3.40. The molecule has 62 valence electrons. The third kappa shape index (κ3) is 2.69. The highest BCUT2D eigenvalue weighted by atomic mass is 16.5. The average Bonchev–Trinajstić information content (AvgIpc) is 2.40. The van der Waals surface area contributed by atoms with E-state index >= 15 is 0 Å². The molecular weight excluding hydrogens is 144 g/mol. The first-order valence-electron chi connectivity index (χ1n) is 3.47. The minimum Gasteiger partial charge on any atom is -0.390 e. The van der Waals surface area contributed by atoms with Crippen molar-refractivity contribution in [3.8, 4) is 0 Å². The van der Waals surface area contributed by atoms with Gasteiger partial charge in [-0.3, -0.25) is 0 Å². The molecule has 0 radical (unpaired) electrons. The van der Waals surface area contributed by atoms with Crippen LogP contribution in [0.4, 0.5) is 0 Å². The molecule has 0 amide bonds. The lowest BCUT2D eigenvalue weighted by Gasteiger charge is -2.06. The van der Waals surface area contributed by atoms with Gasteiger partial charge in [-0.05, 0) is 0 Å². The highest BCUT2D eigenvalue weighted by molar-refractivity contribution is 4.95. The van der Waals surface area contributed by atoms with Crippen LogP contribution in [0.3, 0.4) is 0 Å². The number of hydrogen-bond donors (Lipinski definition) is 2. The lowest BCUT2D eigenvalue weighted by molar-refractivity contribution is 0.0645. The molecule has 0 fully saturated rings. The SMILES string of the molecule is COCC(O)Cc1cnc[nH]1. The van der Waals surface area contributed by atoms with Gasteiger partial charge in [-0.2, -0.15) is 0 Å². The minimum absolute atomic E-state index is 0.360. The van der Waals surface area contributed by atoms with Gasteiger partial charge in [0.05, 0.1) is 19.0 Å². The normalized spacial score (nSPS) is 13.3. The molecule has 1 heterocycles. The fraction of sp³-hybridized carbons (Fsp3) is 0.571. The topological polar surface area (TPSA) is 58.1 Å². The first-order valence-corrected chi connectivity index (χ1v) is 3.47. The smallest absolute Gasteiger partial charge is 0.0921 e. The fourth-order valence-electron chi connectivity index (χ4n) is 0.901. The Morgan fingerprint density at radius 1 is 1.82 bits per heavy atom. The summed E-state index contributed by atoms with van der Waals surface area (Å²) < 4.78 is 4.77. The quantitative estimate of drug-likeness (QED) is 0.643. The predicted octanol–water partition coefficient (Wildman–Crippen LogP) is -0.0405. The van der Waals surface area contributed by atoms with Crippen LogP contribution in [0.5, 0.6) is 0 Å². The van der Waals surface area contributed by atoms with Gasteiger partial charge in [-0.15, -0.1) is 0 Å². The third-order valence-corrected chi connectivity index (χ3v) is 1.37. The maximum Gasteiger partial charge on any atom is 0.0921 e. The first-order chi connectivity index (χ1) is 5.33. The van der Waals surface area contributed by atoms with Crippen molar-refractivity contribution in [2.24, 2.45) is 0 Å². The molecule has 4 heteroatoms. The van der Waals surface area contributed by atoms with E-state index in [1.165, 1.54) is 0 Å². The molecular formula is C7H12N2O2. The van der Waals surface area contributed by atoms with E-state index in [0.29, 0.717) is 13.0 Å². The summed E-state index contributed by atoms with van der Waals surface area (Å²) in [5.41, 5.74) is 0.926. The molecule has 1 aromatic rings. The van der Waals surface area contributed by atoms with Gasteiger partial charge in [0.25, 0.3) is 0 Å².